The molecule has 144 valence electrons. The molecule has 0 atom stereocenters. The lowest BCUT2D eigenvalue weighted by Crippen LogP contribution is -2.20. The molecule has 0 unspecified atom stereocenters. The van der Waals surface area contributed by atoms with Gasteiger partial charge in [-0.3, -0.25) is 9.79 Å². The first-order valence-electron chi connectivity index (χ1n) is 9.51. The molecule has 4 heteroatoms. The predicted molar refractivity (Wildman–Crippen MR) is 119 cm³/mol. The first-order valence-corrected chi connectivity index (χ1v) is 9.51. The van der Waals surface area contributed by atoms with Crippen LogP contribution < -0.4 is 5.56 Å². The molecule has 1 heterocycles. The van der Waals surface area contributed by atoms with Gasteiger partial charge in [-0.2, -0.15) is 0 Å². The predicted octanol–water partition coefficient (Wildman–Crippen LogP) is 5.37. The quantitative estimate of drug-likeness (QED) is 0.484. The van der Waals surface area contributed by atoms with Gasteiger partial charge < -0.3 is 5.11 Å². The number of aryl methyl sites for hydroxylation is 3. The van der Waals surface area contributed by atoms with Crippen LogP contribution in [0.15, 0.2) is 76.5 Å². The van der Waals surface area contributed by atoms with Crippen molar-refractivity contribution in [1.82, 2.24) is 4.57 Å². The van der Waals surface area contributed by atoms with Gasteiger partial charge in [-0.25, -0.2) is 4.57 Å². The van der Waals surface area contributed by atoms with E-state index in [0.717, 1.165) is 16.8 Å². The summed E-state index contributed by atoms with van der Waals surface area (Å²) < 4.78 is 1.36. The third-order valence-electron chi connectivity index (χ3n) is 5.14. The molecule has 0 bridgehead atoms. The average Bonchev–Trinajstić information content (AvgIpc) is 2.71. The first kappa shape index (κ1) is 18.7. The number of hydrogen-bond acceptors (Lipinski definition) is 3. The Kier molecular flexibility index (Phi) is 4.77. The van der Waals surface area contributed by atoms with Crippen LogP contribution >= 0.6 is 0 Å². The summed E-state index contributed by atoms with van der Waals surface area (Å²) in [5.74, 6) is -0.114. The summed E-state index contributed by atoms with van der Waals surface area (Å²) in [7, 11) is 0. The second kappa shape index (κ2) is 7.40. The third kappa shape index (κ3) is 3.34. The fraction of sp³-hybridized carbons (Fsp3) is 0.120. The molecule has 0 saturated heterocycles. The van der Waals surface area contributed by atoms with Crippen molar-refractivity contribution in [1.29, 1.82) is 0 Å². The van der Waals surface area contributed by atoms with E-state index in [0.29, 0.717) is 22.0 Å². The Morgan fingerprint density at radius 1 is 0.862 bits per heavy atom. The van der Waals surface area contributed by atoms with Crippen LogP contribution in [0, 0.1) is 20.8 Å². The van der Waals surface area contributed by atoms with Gasteiger partial charge in [-0.1, -0.05) is 54.1 Å². The van der Waals surface area contributed by atoms with Gasteiger partial charge in [-0.15, -0.1) is 0 Å². The molecule has 4 nitrogen and oxygen atoms in total. The minimum atomic E-state index is -0.254. The summed E-state index contributed by atoms with van der Waals surface area (Å²) in [6.45, 7) is 5.96. The molecule has 3 aromatic carbocycles. The maximum Gasteiger partial charge on any atom is 0.265 e. The van der Waals surface area contributed by atoms with Crippen LogP contribution in [0.25, 0.3) is 16.5 Å². The van der Waals surface area contributed by atoms with Crippen LogP contribution in [0.3, 0.4) is 0 Å². The molecule has 1 aromatic heterocycles. The molecule has 0 radical (unpaired) electrons. The zero-order valence-corrected chi connectivity index (χ0v) is 16.7. The maximum atomic E-state index is 13.2. The highest BCUT2D eigenvalue weighted by Crippen LogP contribution is 2.28. The Morgan fingerprint density at radius 3 is 2.28 bits per heavy atom. The molecular weight excluding hydrogens is 360 g/mol. The molecule has 0 aliphatic carbocycles. The zero-order chi connectivity index (χ0) is 20.5. The summed E-state index contributed by atoms with van der Waals surface area (Å²) in [4.78, 5) is 17.8. The summed E-state index contributed by atoms with van der Waals surface area (Å²) in [5.41, 5.74) is 4.87. The minimum absolute atomic E-state index is 0.114. The van der Waals surface area contributed by atoms with E-state index in [9.17, 15) is 9.90 Å². The Labute approximate surface area is 169 Å². The lowest BCUT2D eigenvalue weighted by atomic mass is 10.1. The van der Waals surface area contributed by atoms with Gasteiger partial charge in [0.2, 0.25) is 5.88 Å². The number of para-hydroxylation sites is 1. The number of pyridine rings is 1. The molecular formula is C25H22N2O2. The molecule has 0 spiro atoms. The van der Waals surface area contributed by atoms with Crippen LogP contribution in [-0.2, 0) is 0 Å². The van der Waals surface area contributed by atoms with Gasteiger partial charge in [0.05, 0.1) is 16.9 Å². The topological polar surface area (TPSA) is 54.6 Å². The Bertz CT molecular complexity index is 1320. The zero-order valence-electron chi connectivity index (χ0n) is 16.7. The Morgan fingerprint density at radius 2 is 1.55 bits per heavy atom. The van der Waals surface area contributed by atoms with Crippen molar-refractivity contribution in [3.63, 3.8) is 0 Å². The van der Waals surface area contributed by atoms with Gasteiger partial charge in [0, 0.05) is 17.0 Å². The van der Waals surface area contributed by atoms with Crippen LogP contribution in [0.5, 0.6) is 5.88 Å². The van der Waals surface area contributed by atoms with E-state index in [1.165, 1.54) is 10.1 Å². The Hall–Kier alpha value is -3.66. The van der Waals surface area contributed by atoms with Crippen LogP contribution in [-0.4, -0.2) is 15.9 Å². The van der Waals surface area contributed by atoms with Gasteiger partial charge in [0.1, 0.15) is 0 Å². The van der Waals surface area contributed by atoms with Gasteiger partial charge >= 0.3 is 0 Å². The van der Waals surface area contributed by atoms with E-state index in [1.54, 1.807) is 12.3 Å². The number of benzene rings is 3. The molecule has 4 aromatic rings. The number of rotatable bonds is 3. The number of aliphatic imine (C=N–C) groups is 1. The fourth-order valence-corrected chi connectivity index (χ4v) is 3.61. The maximum absolute atomic E-state index is 13.2. The van der Waals surface area contributed by atoms with Crippen molar-refractivity contribution in [2.45, 2.75) is 20.8 Å². The molecule has 0 aliphatic heterocycles. The highest BCUT2D eigenvalue weighted by Gasteiger charge is 2.17. The fourth-order valence-electron chi connectivity index (χ4n) is 3.61. The highest BCUT2D eigenvalue weighted by molar-refractivity contribution is 6.02. The summed E-state index contributed by atoms with van der Waals surface area (Å²) >= 11 is 0. The summed E-state index contributed by atoms with van der Waals surface area (Å²) in [6, 6.07) is 20.8. The second-order valence-corrected chi connectivity index (χ2v) is 7.26. The largest absolute Gasteiger partial charge is 0.494 e. The van der Waals surface area contributed by atoms with Crippen LogP contribution in [0.4, 0.5) is 5.69 Å². The van der Waals surface area contributed by atoms with E-state index in [-0.39, 0.29) is 11.4 Å². The lowest BCUT2D eigenvalue weighted by Gasteiger charge is -2.15. The molecule has 4 rings (SSSR count). The van der Waals surface area contributed by atoms with E-state index in [2.05, 4.69) is 11.1 Å². The van der Waals surface area contributed by atoms with Crippen LogP contribution in [0.1, 0.15) is 22.3 Å². The highest BCUT2D eigenvalue weighted by atomic mass is 16.3. The lowest BCUT2D eigenvalue weighted by molar-refractivity contribution is 0.436. The van der Waals surface area contributed by atoms with E-state index in [1.807, 2.05) is 75.4 Å². The molecule has 1 N–H and O–H groups in total. The van der Waals surface area contributed by atoms with E-state index >= 15 is 0 Å². The number of aromatic nitrogens is 1. The van der Waals surface area contributed by atoms with Gasteiger partial charge in [-0.05, 0) is 50.1 Å². The number of fused-ring (bicyclic) bond motifs is 1. The molecule has 0 saturated carbocycles. The number of hydrogen-bond donors (Lipinski definition) is 1. The molecule has 0 fully saturated rings. The van der Waals surface area contributed by atoms with Crippen molar-refractivity contribution in [2.24, 2.45) is 4.99 Å². The van der Waals surface area contributed by atoms with Gasteiger partial charge in [0.25, 0.3) is 5.56 Å². The normalized spacial score (nSPS) is 11.4. The SMILES string of the molecule is Cc1ccc(N=Cc2c(O)n(-c3ccccc3C)c(=O)c3ccccc23)c(C)c1. The van der Waals surface area contributed by atoms with Crippen LogP contribution in [0.2, 0.25) is 0 Å². The second-order valence-electron chi connectivity index (χ2n) is 7.26. The number of nitrogens with zero attached hydrogens (tertiary/aromatic N) is 2. The summed E-state index contributed by atoms with van der Waals surface area (Å²) in [5, 5.41) is 12.3. The third-order valence-corrected chi connectivity index (χ3v) is 5.14. The van der Waals surface area contributed by atoms with Crippen molar-refractivity contribution in [3.8, 4) is 11.6 Å². The smallest absolute Gasteiger partial charge is 0.265 e. The van der Waals surface area contributed by atoms with E-state index in [4.69, 9.17) is 0 Å². The Balaban J connectivity index is 2.00. The first-order chi connectivity index (χ1) is 14.0. The number of aromatic hydroxyl groups is 1. The minimum Gasteiger partial charge on any atom is -0.494 e. The standard InChI is InChI=1S/C25H22N2O2/c1-16-12-13-22(18(3)14-16)26-15-21-19-9-5-6-10-20(19)24(28)27(25(21)29)23-11-7-4-8-17(23)2/h4-15,29H,1-3H3. The average molecular weight is 382 g/mol. The molecule has 0 aliphatic rings. The summed E-state index contributed by atoms with van der Waals surface area (Å²) in [6.07, 6.45) is 1.64. The van der Waals surface area contributed by atoms with Crippen molar-refractivity contribution in [3.05, 3.63) is 99.3 Å². The van der Waals surface area contributed by atoms with Crippen molar-refractivity contribution in [2.75, 3.05) is 0 Å². The van der Waals surface area contributed by atoms with E-state index < -0.39 is 0 Å². The van der Waals surface area contributed by atoms with Crippen molar-refractivity contribution < 1.29 is 5.11 Å². The monoisotopic (exact) mass is 382 g/mol. The molecule has 29 heavy (non-hydrogen) atoms. The molecule has 0 amide bonds. The van der Waals surface area contributed by atoms with Gasteiger partial charge in [0.15, 0.2) is 0 Å². The van der Waals surface area contributed by atoms with Crippen molar-refractivity contribution >= 4 is 22.7 Å².